The molecule has 0 aliphatic carbocycles. The van der Waals surface area contributed by atoms with Crippen molar-refractivity contribution in [3.8, 4) is 0 Å². The molecule has 0 aromatic heterocycles. The normalized spacial score (nSPS) is 10.5. The van der Waals surface area contributed by atoms with E-state index in [1.807, 2.05) is 30.3 Å². The molecule has 0 atom stereocenters. The molecule has 4 nitrogen and oxygen atoms in total. The number of nitrogens with zero attached hydrogens (tertiary/aromatic N) is 1. The van der Waals surface area contributed by atoms with Gasteiger partial charge in [-0.3, -0.25) is 15.0 Å². The van der Waals surface area contributed by atoms with Gasteiger partial charge in [-0.25, -0.2) is 5.48 Å². The molecule has 2 aromatic rings. The van der Waals surface area contributed by atoms with Crippen molar-refractivity contribution < 1.29 is 10.0 Å². The average Bonchev–Trinajstić information content (AvgIpc) is 2.45. The maximum absolute atomic E-state index is 11.4. The monoisotopic (exact) mass is 240 g/mol. The van der Waals surface area contributed by atoms with Gasteiger partial charge in [-0.1, -0.05) is 42.5 Å². The number of carbonyl (C=O) groups is 1. The number of carbonyl (C=O) groups excluding carboxylic acids is 1. The second-order valence-electron chi connectivity index (χ2n) is 3.63. The number of nitrogens with one attached hydrogen (secondary N) is 1. The Hall–Kier alpha value is -2.46. The Kier molecular flexibility index (Phi) is 3.83. The van der Waals surface area contributed by atoms with Crippen LogP contribution in [0.1, 0.15) is 15.9 Å². The van der Waals surface area contributed by atoms with Crippen LogP contribution in [0.15, 0.2) is 59.6 Å². The summed E-state index contributed by atoms with van der Waals surface area (Å²) in [6.45, 7) is 0. The van der Waals surface area contributed by atoms with Crippen LogP contribution in [0.4, 0.5) is 5.69 Å². The summed E-state index contributed by atoms with van der Waals surface area (Å²) in [5, 5.41) is 8.65. The molecular weight excluding hydrogens is 228 g/mol. The molecule has 0 radical (unpaired) electrons. The summed E-state index contributed by atoms with van der Waals surface area (Å²) in [5.41, 5.74) is 3.38. The molecule has 2 rings (SSSR count). The quantitative estimate of drug-likeness (QED) is 0.492. The largest absolute Gasteiger partial charge is 0.288 e. The highest BCUT2D eigenvalue weighted by Gasteiger charge is 2.08. The molecule has 2 aromatic carbocycles. The van der Waals surface area contributed by atoms with Gasteiger partial charge < -0.3 is 0 Å². The Morgan fingerprint density at radius 2 is 1.72 bits per heavy atom. The van der Waals surface area contributed by atoms with E-state index in [2.05, 4.69) is 4.99 Å². The van der Waals surface area contributed by atoms with Crippen molar-refractivity contribution in [1.82, 2.24) is 5.48 Å². The minimum Gasteiger partial charge on any atom is -0.288 e. The molecule has 0 fully saturated rings. The highest BCUT2D eigenvalue weighted by molar-refractivity contribution is 5.99. The van der Waals surface area contributed by atoms with Crippen LogP contribution in [0.3, 0.4) is 0 Å². The van der Waals surface area contributed by atoms with Gasteiger partial charge in [0.1, 0.15) is 0 Å². The molecule has 0 aliphatic heterocycles. The second kappa shape index (κ2) is 5.75. The minimum atomic E-state index is -0.573. The Morgan fingerprint density at radius 3 is 2.44 bits per heavy atom. The van der Waals surface area contributed by atoms with Crippen LogP contribution < -0.4 is 5.48 Å². The molecule has 0 saturated heterocycles. The SMILES string of the molecule is O=C(NO)c1ccccc1N=Cc1ccccc1. The molecule has 90 valence electrons. The lowest BCUT2D eigenvalue weighted by Crippen LogP contribution is -2.18. The van der Waals surface area contributed by atoms with Crippen LogP contribution in [0.5, 0.6) is 0 Å². The van der Waals surface area contributed by atoms with Gasteiger partial charge in [-0.2, -0.15) is 0 Å². The van der Waals surface area contributed by atoms with Crippen LogP contribution in [0.2, 0.25) is 0 Å². The fourth-order valence-electron chi connectivity index (χ4n) is 1.52. The van der Waals surface area contributed by atoms with Gasteiger partial charge in [0.2, 0.25) is 0 Å². The highest BCUT2D eigenvalue weighted by Crippen LogP contribution is 2.18. The first-order valence-electron chi connectivity index (χ1n) is 5.44. The van der Waals surface area contributed by atoms with Crippen molar-refractivity contribution in [3.63, 3.8) is 0 Å². The fourth-order valence-corrected chi connectivity index (χ4v) is 1.52. The third kappa shape index (κ3) is 2.81. The molecule has 0 saturated carbocycles. The van der Waals surface area contributed by atoms with E-state index in [4.69, 9.17) is 5.21 Å². The lowest BCUT2D eigenvalue weighted by atomic mass is 10.1. The van der Waals surface area contributed by atoms with Gasteiger partial charge in [0.05, 0.1) is 11.3 Å². The Bertz CT molecular complexity index is 565. The zero-order chi connectivity index (χ0) is 12.8. The molecule has 2 N–H and O–H groups in total. The van der Waals surface area contributed by atoms with Crippen molar-refractivity contribution in [2.24, 2.45) is 4.99 Å². The Balaban J connectivity index is 2.29. The van der Waals surface area contributed by atoms with Crippen LogP contribution in [-0.2, 0) is 0 Å². The van der Waals surface area contributed by atoms with Gasteiger partial charge in [0.25, 0.3) is 5.91 Å². The molecule has 0 aliphatic rings. The zero-order valence-electron chi connectivity index (χ0n) is 9.58. The number of hydroxylamine groups is 1. The molecule has 0 spiro atoms. The summed E-state index contributed by atoms with van der Waals surface area (Å²) in [5.74, 6) is -0.573. The lowest BCUT2D eigenvalue weighted by Gasteiger charge is -2.02. The molecule has 1 amide bonds. The third-order valence-corrected chi connectivity index (χ3v) is 2.40. The number of hydrogen-bond donors (Lipinski definition) is 2. The molecule has 0 heterocycles. The lowest BCUT2D eigenvalue weighted by molar-refractivity contribution is 0.0707. The van der Waals surface area contributed by atoms with Gasteiger partial charge >= 0.3 is 0 Å². The summed E-state index contributed by atoms with van der Waals surface area (Å²) < 4.78 is 0. The molecule has 0 bridgehead atoms. The van der Waals surface area contributed by atoms with E-state index < -0.39 is 5.91 Å². The van der Waals surface area contributed by atoms with Crippen molar-refractivity contribution in [2.75, 3.05) is 0 Å². The van der Waals surface area contributed by atoms with E-state index in [0.717, 1.165) is 5.56 Å². The average molecular weight is 240 g/mol. The standard InChI is InChI=1S/C14H12N2O2/c17-14(16-18)12-8-4-5-9-13(12)15-10-11-6-2-1-3-7-11/h1-10,18H,(H,16,17). The molecular formula is C14H12N2O2. The number of amides is 1. The number of benzene rings is 2. The third-order valence-electron chi connectivity index (χ3n) is 2.40. The molecule has 0 unspecified atom stereocenters. The summed E-state index contributed by atoms with van der Waals surface area (Å²) in [6.07, 6.45) is 1.67. The van der Waals surface area contributed by atoms with Crippen molar-refractivity contribution in [2.45, 2.75) is 0 Å². The summed E-state index contributed by atoms with van der Waals surface area (Å²) in [6, 6.07) is 16.4. The van der Waals surface area contributed by atoms with E-state index in [-0.39, 0.29) is 0 Å². The van der Waals surface area contributed by atoms with Crippen LogP contribution >= 0.6 is 0 Å². The van der Waals surface area contributed by atoms with Gasteiger partial charge in [0, 0.05) is 6.21 Å². The first-order valence-corrected chi connectivity index (χ1v) is 5.44. The number of rotatable bonds is 3. The predicted octanol–water partition coefficient (Wildman–Crippen LogP) is 2.56. The van der Waals surface area contributed by atoms with E-state index in [9.17, 15) is 4.79 Å². The second-order valence-corrected chi connectivity index (χ2v) is 3.63. The highest BCUT2D eigenvalue weighted by atomic mass is 16.5. The van der Waals surface area contributed by atoms with E-state index in [1.54, 1.807) is 36.0 Å². The van der Waals surface area contributed by atoms with Crippen molar-refractivity contribution in [1.29, 1.82) is 0 Å². The van der Waals surface area contributed by atoms with E-state index in [1.165, 1.54) is 0 Å². The summed E-state index contributed by atoms with van der Waals surface area (Å²) >= 11 is 0. The maximum Gasteiger partial charge on any atom is 0.276 e. The molecule has 18 heavy (non-hydrogen) atoms. The van der Waals surface area contributed by atoms with Crippen LogP contribution in [0, 0.1) is 0 Å². The smallest absolute Gasteiger partial charge is 0.276 e. The van der Waals surface area contributed by atoms with Crippen LogP contribution in [0.25, 0.3) is 0 Å². The molecule has 4 heteroatoms. The first-order chi connectivity index (χ1) is 8.81. The fraction of sp³-hybridized carbons (Fsp3) is 0. The van der Waals surface area contributed by atoms with Crippen molar-refractivity contribution >= 4 is 17.8 Å². The predicted molar refractivity (Wildman–Crippen MR) is 69.4 cm³/mol. The number of para-hydroxylation sites is 1. The topological polar surface area (TPSA) is 61.7 Å². The van der Waals surface area contributed by atoms with E-state index in [0.29, 0.717) is 11.3 Å². The number of hydrogen-bond acceptors (Lipinski definition) is 3. The summed E-state index contributed by atoms with van der Waals surface area (Å²) in [4.78, 5) is 15.7. The minimum absolute atomic E-state index is 0.326. The van der Waals surface area contributed by atoms with Crippen LogP contribution in [-0.4, -0.2) is 17.3 Å². The Morgan fingerprint density at radius 1 is 1.06 bits per heavy atom. The van der Waals surface area contributed by atoms with Gasteiger partial charge in [-0.05, 0) is 17.7 Å². The first kappa shape index (κ1) is 12.0. The van der Waals surface area contributed by atoms with Gasteiger partial charge in [0.15, 0.2) is 0 Å². The number of aliphatic imine (C=N–C) groups is 1. The van der Waals surface area contributed by atoms with E-state index >= 15 is 0 Å². The van der Waals surface area contributed by atoms with Crippen molar-refractivity contribution in [3.05, 3.63) is 65.7 Å². The maximum atomic E-state index is 11.4. The summed E-state index contributed by atoms with van der Waals surface area (Å²) in [7, 11) is 0. The zero-order valence-corrected chi connectivity index (χ0v) is 9.58. The van der Waals surface area contributed by atoms with Gasteiger partial charge in [-0.15, -0.1) is 0 Å². The Labute approximate surface area is 105 Å².